The third-order valence-electron chi connectivity index (χ3n) is 0.871. The van der Waals surface area contributed by atoms with Gasteiger partial charge in [-0.2, -0.15) is 5.11 Å². The molecule has 0 heterocycles. The molecule has 0 aromatic carbocycles. The van der Waals surface area contributed by atoms with Crippen LogP contribution in [0.4, 0.5) is 0 Å². The van der Waals surface area contributed by atoms with E-state index in [4.69, 9.17) is 11.3 Å². The molecule has 0 saturated carbocycles. The molecule has 0 saturated heterocycles. The summed E-state index contributed by atoms with van der Waals surface area (Å²) in [5.74, 6) is -0.525. The van der Waals surface area contributed by atoms with Crippen LogP contribution < -0.4 is 5.73 Å². The predicted molar refractivity (Wildman–Crippen MR) is 28.4 cm³/mol. The lowest BCUT2D eigenvalue weighted by Gasteiger charge is -1.98. The molecule has 0 aliphatic rings. The van der Waals surface area contributed by atoms with Gasteiger partial charge in [0.15, 0.2) is 0 Å². The molecule has 1 atom stereocenters. The Morgan fingerprint density at radius 2 is 2.50 bits per heavy atom. The fraction of sp³-hybridized carbons (Fsp3) is 0.750. The van der Waals surface area contributed by atoms with Gasteiger partial charge in [-0.3, -0.25) is 4.79 Å². The Labute approximate surface area is 47.6 Å². The van der Waals surface area contributed by atoms with E-state index in [1.54, 1.807) is 6.92 Å². The minimum absolute atomic E-state index is 0.513. The first-order chi connectivity index (χ1) is 3.72. The van der Waals surface area contributed by atoms with Crippen molar-refractivity contribution in [2.45, 2.75) is 19.4 Å². The number of hydrogen-bond donors (Lipinski definition) is 2. The van der Waals surface area contributed by atoms with Crippen LogP contribution in [-0.2, 0) is 4.79 Å². The highest BCUT2D eigenvalue weighted by Crippen LogP contribution is 1.92. The lowest BCUT2D eigenvalue weighted by molar-refractivity contribution is -0.119. The van der Waals surface area contributed by atoms with Crippen molar-refractivity contribution >= 4 is 5.91 Å². The SMILES string of the molecule is CCC(N=N)C(N)=O. The average molecular weight is 115 g/mol. The van der Waals surface area contributed by atoms with Gasteiger partial charge in [0.1, 0.15) is 6.04 Å². The van der Waals surface area contributed by atoms with Crippen molar-refractivity contribution in [1.82, 2.24) is 0 Å². The molecule has 1 amide bonds. The molecular weight excluding hydrogens is 106 g/mol. The van der Waals surface area contributed by atoms with E-state index in [2.05, 4.69) is 5.11 Å². The third-order valence-corrected chi connectivity index (χ3v) is 0.871. The topological polar surface area (TPSA) is 79.3 Å². The van der Waals surface area contributed by atoms with Gasteiger partial charge in [0.2, 0.25) is 5.91 Å². The number of nitrogens with zero attached hydrogens (tertiary/aromatic N) is 1. The number of amides is 1. The Balaban J connectivity index is 3.69. The monoisotopic (exact) mass is 115 g/mol. The van der Waals surface area contributed by atoms with Crippen LogP contribution in [0.3, 0.4) is 0 Å². The molecule has 0 spiro atoms. The van der Waals surface area contributed by atoms with Crippen LogP contribution in [0, 0.1) is 5.53 Å². The van der Waals surface area contributed by atoms with Gasteiger partial charge >= 0.3 is 0 Å². The summed E-state index contributed by atoms with van der Waals surface area (Å²) in [5, 5.41) is 2.98. The van der Waals surface area contributed by atoms with Crippen molar-refractivity contribution in [3.05, 3.63) is 0 Å². The van der Waals surface area contributed by atoms with Gasteiger partial charge in [-0.15, -0.1) is 0 Å². The Hall–Kier alpha value is -0.930. The van der Waals surface area contributed by atoms with Crippen LogP contribution in [-0.4, -0.2) is 11.9 Å². The second-order valence-electron chi connectivity index (χ2n) is 1.46. The summed E-state index contributed by atoms with van der Waals surface area (Å²) in [4.78, 5) is 10.2. The molecule has 0 aliphatic carbocycles. The van der Waals surface area contributed by atoms with E-state index in [0.29, 0.717) is 6.42 Å². The van der Waals surface area contributed by atoms with Crippen LogP contribution in [0.15, 0.2) is 5.11 Å². The zero-order valence-electron chi connectivity index (χ0n) is 4.72. The first-order valence-electron chi connectivity index (χ1n) is 2.38. The highest BCUT2D eigenvalue weighted by Gasteiger charge is 2.08. The summed E-state index contributed by atoms with van der Waals surface area (Å²) < 4.78 is 0. The number of nitrogens with one attached hydrogen (secondary N) is 1. The van der Waals surface area contributed by atoms with Gasteiger partial charge in [0.05, 0.1) is 0 Å². The van der Waals surface area contributed by atoms with Gasteiger partial charge in [-0.25, -0.2) is 5.53 Å². The fourth-order valence-corrected chi connectivity index (χ4v) is 0.356. The molecule has 0 aromatic rings. The second-order valence-corrected chi connectivity index (χ2v) is 1.46. The highest BCUT2D eigenvalue weighted by molar-refractivity contribution is 5.79. The van der Waals surface area contributed by atoms with Gasteiger partial charge in [0, 0.05) is 0 Å². The molecule has 0 bridgehead atoms. The number of primary amides is 1. The third kappa shape index (κ3) is 1.68. The van der Waals surface area contributed by atoms with E-state index < -0.39 is 11.9 Å². The van der Waals surface area contributed by atoms with E-state index in [-0.39, 0.29) is 0 Å². The molecule has 1 unspecified atom stereocenters. The Morgan fingerprint density at radius 3 is 2.50 bits per heavy atom. The van der Waals surface area contributed by atoms with E-state index >= 15 is 0 Å². The standard InChI is InChI=1S/C4H9N3O/c1-2-3(7-6)4(5)8/h3,6H,2H2,1H3,(H2,5,8). The quantitative estimate of drug-likeness (QED) is 0.509. The number of nitrogens with two attached hydrogens (primary N) is 1. The Morgan fingerprint density at radius 1 is 2.00 bits per heavy atom. The normalized spacial score (nSPS) is 12.6. The van der Waals surface area contributed by atoms with Gasteiger partial charge in [-0.1, -0.05) is 6.92 Å². The van der Waals surface area contributed by atoms with Crippen LogP contribution in [0.5, 0.6) is 0 Å². The number of carbonyl (C=O) groups excluding carboxylic acids is 1. The molecule has 0 aromatic heterocycles. The summed E-state index contributed by atoms with van der Waals surface area (Å²) in [6, 6.07) is -0.616. The van der Waals surface area contributed by atoms with Gasteiger partial charge < -0.3 is 5.73 Å². The smallest absolute Gasteiger partial charge is 0.244 e. The molecule has 4 heteroatoms. The van der Waals surface area contributed by atoms with Crippen molar-refractivity contribution in [1.29, 1.82) is 5.53 Å². The van der Waals surface area contributed by atoms with Gasteiger partial charge in [-0.05, 0) is 6.42 Å². The van der Waals surface area contributed by atoms with E-state index in [1.807, 2.05) is 0 Å². The highest BCUT2D eigenvalue weighted by atomic mass is 16.1. The molecular formula is C4H9N3O. The van der Waals surface area contributed by atoms with Crippen LogP contribution in [0.1, 0.15) is 13.3 Å². The van der Waals surface area contributed by atoms with Crippen molar-refractivity contribution in [3.8, 4) is 0 Å². The van der Waals surface area contributed by atoms with E-state index in [0.717, 1.165) is 0 Å². The lowest BCUT2D eigenvalue weighted by Crippen LogP contribution is -2.25. The molecule has 3 N–H and O–H groups in total. The maximum atomic E-state index is 10.2. The number of carbonyl (C=O) groups is 1. The summed E-state index contributed by atoms with van der Waals surface area (Å²) in [6.45, 7) is 1.76. The van der Waals surface area contributed by atoms with Crippen LogP contribution >= 0.6 is 0 Å². The molecule has 0 radical (unpaired) electrons. The molecule has 8 heavy (non-hydrogen) atoms. The molecule has 46 valence electrons. The minimum atomic E-state index is -0.616. The molecule has 0 fully saturated rings. The Kier molecular flexibility index (Phi) is 2.76. The summed E-state index contributed by atoms with van der Waals surface area (Å²) in [5.41, 5.74) is 11.2. The molecule has 0 aliphatic heterocycles. The molecule has 0 rings (SSSR count). The second kappa shape index (κ2) is 3.12. The summed E-state index contributed by atoms with van der Waals surface area (Å²) in [7, 11) is 0. The summed E-state index contributed by atoms with van der Waals surface area (Å²) >= 11 is 0. The first-order valence-corrected chi connectivity index (χ1v) is 2.38. The minimum Gasteiger partial charge on any atom is -0.368 e. The zero-order chi connectivity index (χ0) is 6.57. The maximum absolute atomic E-state index is 10.2. The predicted octanol–water partition coefficient (Wildman–Crippen LogP) is 0.281. The number of rotatable bonds is 3. The lowest BCUT2D eigenvalue weighted by atomic mass is 10.2. The van der Waals surface area contributed by atoms with Crippen molar-refractivity contribution < 1.29 is 4.79 Å². The van der Waals surface area contributed by atoms with Gasteiger partial charge in [0.25, 0.3) is 0 Å². The average Bonchev–Trinajstić information content (AvgIpc) is 1.69. The van der Waals surface area contributed by atoms with E-state index in [9.17, 15) is 4.79 Å². The first kappa shape index (κ1) is 7.07. The van der Waals surface area contributed by atoms with Crippen molar-refractivity contribution in [2.24, 2.45) is 10.8 Å². The van der Waals surface area contributed by atoms with Crippen LogP contribution in [0.25, 0.3) is 0 Å². The van der Waals surface area contributed by atoms with Crippen molar-refractivity contribution in [3.63, 3.8) is 0 Å². The number of hydrogen-bond acceptors (Lipinski definition) is 3. The Bertz CT molecular complexity index is 101. The largest absolute Gasteiger partial charge is 0.368 e. The molecule has 4 nitrogen and oxygen atoms in total. The van der Waals surface area contributed by atoms with E-state index in [1.165, 1.54) is 0 Å². The maximum Gasteiger partial charge on any atom is 0.244 e. The fourth-order valence-electron chi connectivity index (χ4n) is 0.356. The summed E-state index contributed by atoms with van der Waals surface area (Å²) in [6.07, 6.45) is 0.513. The zero-order valence-corrected chi connectivity index (χ0v) is 4.72. The van der Waals surface area contributed by atoms with Crippen LogP contribution in [0.2, 0.25) is 0 Å². The van der Waals surface area contributed by atoms with Crippen molar-refractivity contribution in [2.75, 3.05) is 0 Å².